The third kappa shape index (κ3) is 8.33. The van der Waals surface area contributed by atoms with Crippen molar-refractivity contribution in [3.8, 4) is 0 Å². The van der Waals surface area contributed by atoms with Gasteiger partial charge in [0.05, 0.1) is 18.6 Å². The third-order valence-corrected chi connectivity index (χ3v) is 9.99. The van der Waals surface area contributed by atoms with Gasteiger partial charge in [0.15, 0.2) is 0 Å². The van der Waals surface area contributed by atoms with Crippen molar-refractivity contribution in [3.63, 3.8) is 0 Å². The van der Waals surface area contributed by atoms with Gasteiger partial charge < -0.3 is 30.5 Å². The summed E-state index contributed by atoms with van der Waals surface area (Å²) in [7, 11) is 3.46. The van der Waals surface area contributed by atoms with Gasteiger partial charge in [-0.1, -0.05) is 91.0 Å². The van der Waals surface area contributed by atoms with E-state index in [1.165, 1.54) is 0 Å². The van der Waals surface area contributed by atoms with Crippen LogP contribution in [0.25, 0.3) is 0 Å². The van der Waals surface area contributed by atoms with Gasteiger partial charge in [0.1, 0.15) is 12.6 Å². The minimum atomic E-state index is -0.675. The van der Waals surface area contributed by atoms with Crippen molar-refractivity contribution < 1.29 is 28.7 Å². The summed E-state index contributed by atoms with van der Waals surface area (Å²) in [6, 6.07) is 27.0. The second-order valence-corrected chi connectivity index (χ2v) is 13.7. The topological polar surface area (TPSA) is 137 Å². The molecule has 1 heterocycles. The molecule has 0 bridgehead atoms. The van der Waals surface area contributed by atoms with Crippen LogP contribution in [0.1, 0.15) is 54.5 Å². The fourth-order valence-corrected chi connectivity index (χ4v) is 7.18. The maximum atomic E-state index is 13.8. The molecule has 0 spiro atoms. The van der Waals surface area contributed by atoms with Crippen molar-refractivity contribution >= 4 is 29.7 Å². The molecule has 262 valence electrons. The lowest BCUT2D eigenvalue weighted by Gasteiger charge is -2.25. The first-order valence-electron chi connectivity index (χ1n) is 17.4. The van der Waals surface area contributed by atoms with Crippen molar-refractivity contribution in [1.29, 1.82) is 0 Å². The number of rotatable bonds is 13. The van der Waals surface area contributed by atoms with Crippen LogP contribution in [0.15, 0.2) is 91.0 Å². The molecule has 0 radical (unpaired) electrons. The SMILES string of the molecule is CN(C)C(=O)[C@H]1C[C@@H]1[C@H](NC(=O)CNC(=O)[C@@H]1CCCN1C(=O)[C@H]1C[C@@H]1[C@H](NC(=O)OCc1ccccc1)c1ccccc1)c1ccccc1. The van der Waals surface area contributed by atoms with E-state index in [9.17, 15) is 24.0 Å². The number of carbonyl (C=O) groups is 5. The number of amides is 5. The van der Waals surface area contributed by atoms with Crippen LogP contribution in [0.3, 0.4) is 0 Å². The number of likely N-dealkylation sites (tertiary alicyclic amines) is 1. The van der Waals surface area contributed by atoms with Gasteiger partial charge in [-0.15, -0.1) is 0 Å². The molecule has 11 nitrogen and oxygen atoms in total. The zero-order chi connectivity index (χ0) is 35.2. The van der Waals surface area contributed by atoms with E-state index >= 15 is 0 Å². The quantitative estimate of drug-likeness (QED) is 0.250. The number of alkyl carbamates (subject to hydrolysis) is 1. The Morgan fingerprint density at radius 3 is 1.96 bits per heavy atom. The van der Waals surface area contributed by atoms with Crippen molar-refractivity contribution in [3.05, 3.63) is 108 Å². The number of nitrogens with one attached hydrogen (secondary N) is 3. The van der Waals surface area contributed by atoms with E-state index in [1.807, 2.05) is 91.0 Å². The van der Waals surface area contributed by atoms with Crippen LogP contribution in [-0.4, -0.2) is 72.7 Å². The van der Waals surface area contributed by atoms with E-state index in [0.29, 0.717) is 32.2 Å². The maximum absolute atomic E-state index is 13.8. The van der Waals surface area contributed by atoms with E-state index in [0.717, 1.165) is 16.7 Å². The zero-order valence-corrected chi connectivity index (χ0v) is 28.5. The highest BCUT2D eigenvalue weighted by Gasteiger charge is 2.52. The molecule has 6 rings (SSSR count). The van der Waals surface area contributed by atoms with Crippen molar-refractivity contribution in [1.82, 2.24) is 25.8 Å². The summed E-state index contributed by atoms with van der Waals surface area (Å²) in [6.45, 7) is 0.346. The highest BCUT2D eigenvalue weighted by Crippen LogP contribution is 2.50. The van der Waals surface area contributed by atoms with Crippen LogP contribution < -0.4 is 16.0 Å². The van der Waals surface area contributed by atoms with Crippen LogP contribution in [0.4, 0.5) is 4.79 Å². The first kappa shape index (κ1) is 34.7. The van der Waals surface area contributed by atoms with Gasteiger partial charge >= 0.3 is 6.09 Å². The number of nitrogens with zero attached hydrogens (tertiary/aromatic N) is 2. The molecular formula is C39H45N5O6. The number of benzene rings is 3. The molecule has 3 aliphatic rings. The predicted octanol–water partition coefficient (Wildman–Crippen LogP) is 3.98. The normalized spacial score (nSPS) is 23.2. The second kappa shape index (κ2) is 15.6. The number of hydrogen-bond acceptors (Lipinski definition) is 6. The molecule has 2 aliphatic carbocycles. The molecule has 3 aromatic carbocycles. The summed E-state index contributed by atoms with van der Waals surface area (Å²) in [5, 5.41) is 8.79. The van der Waals surface area contributed by atoms with Crippen LogP contribution in [0.2, 0.25) is 0 Å². The van der Waals surface area contributed by atoms with E-state index in [1.54, 1.807) is 23.9 Å². The van der Waals surface area contributed by atoms with Gasteiger partial charge in [0.25, 0.3) is 0 Å². The van der Waals surface area contributed by atoms with Gasteiger partial charge in [-0.2, -0.15) is 0 Å². The van der Waals surface area contributed by atoms with E-state index in [4.69, 9.17) is 4.74 Å². The van der Waals surface area contributed by atoms with Gasteiger partial charge in [0, 0.05) is 32.5 Å². The summed E-state index contributed by atoms with van der Waals surface area (Å²) in [5.74, 6) is -1.49. The Bertz CT molecular complexity index is 1670. The lowest BCUT2D eigenvalue weighted by Crippen LogP contribution is -2.49. The van der Waals surface area contributed by atoms with Crippen LogP contribution >= 0.6 is 0 Å². The lowest BCUT2D eigenvalue weighted by atomic mass is 10.0. The molecule has 0 aromatic heterocycles. The third-order valence-electron chi connectivity index (χ3n) is 9.99. The highest BCUT2D eigenvalue weighted by molar-refractivity contribution is 5.92. The van der Waals surface area contributed by atoms with Gasteiger partial charge in [-0.05, 0) is 54.2 Å². The molecule has 1 aliphatic heterocycles. The standard InChI is InChI=1S/C39H45N5O6/c1-43(2)37(47)30-21-28(30)34(26-15-8-4-9-16-26)41-33(45)23-40-36(46)32-19-12-20-44(32)38(48)31-22-29(31)35(27-17-10-5-11-18-27)42-39(49)50-24-25-13-6-3-7-14-25/h3-11,13-18,28-32,34-35H,12,19-24H2,1-2H3,(H,40,46)(H,41,45)(H,42,49)/t28-,29-,30-,31-,32-,34+,35+/m0/s1. The fourth-order valence-electron chi connectivity index (χ4n) is 7.18. The Hall–Kier alpha value is -5.19. The van der Waals surface area contributed by atoms with Crippen molar-refractivity contribution in [2.75, 3.05) is 27.2 Å². The van der Waals surface area contributed by atoms with E-state index < -0.39 is 18.2 Å². The first-order valence-corrected chi connectivity index (χ1v) is 17.4. The molecule has 3 N–H and O–H groups in total. The molecule has 3 fully saturated rings. The van der Waals surface area contributed by atoms with Gasteiger partial charge in [0.2, 0.25) is 23.6 Å². The minimum absolute atomic E-state index is 0.0266. The van der Waals surface area contributed by atoms with E-state index in [2.05, 4.69) is 16.0 Å². The molecular weight excluding hydrogens is 634 g/mol. The number of ether oxygens (including phenoxy) is 1. The summed E-state index contributed by atoms with van der Waals surface area (Å²) in [6.07, 6.45) is 1.88. The Morgan fingerprint density at radius 1 is 0.780 bits per heavy atom. The van der Waals surface area contributed by atoms with Crippen LogP contribution in [0.5, 0.6) is 0 Å². The summed E-state index contributed by atoms with van der Waals surface area (Å²) < 4.78 is 5.49. The zero-order valence-electron chi connectivity index (χ0n) is 28.5. The number of carbonyl (C=O) groups excluding carboxylic acids is 5. The van der Waals surface area contributed by atoms with Crippen LogP contribution in [0, 0.1) is 23.7 Å². The summed E-state index contributed by atoms with van der Waals surface area (Å²) >= 11 is 0. The fraction of sp³-hybridized carbons (Fsp3) is 0.410. The average Bonchev–Trinajstić information content (AvgIpc) is 4.06. The molecule has 2 saturated carbocycles. The second-order valence-electron chi connectivity index (χ2n) is 13.7. The largest absolute Gasteiger partial charge is 0.445 e. The Kier molecular flexibility index (Phi) is 10.8. The molecule has 3 aromatic rings. The maximum Gasteiger partial charge on any atom is 0.407 e. The average molecular weight is 680 g/mol. The predicted molar refractivity (Wildman–Crippen MR) is 186 cm³/mol. The number of hydrogen-bond donors (Lipinski definition) is 3. The summed E-state index contributed by atoms with van der Waals surface area (Å²) in [4.78, 5) is 69.0. The van der Waals surface area contributed by atoms with Crippen LogP contribution in [-0.2, 0) is 30.5 Å². The molecule has 0 unspecified atom stereocenters. The molecule has 5 amide bonds. The first-order chi connectivity index (χ1) is 24.2. The minimum Gasteiger partial charge on any atom is -0.445 e. The molecule has 1 saturated heterocycles. The summed E-state index contributed by atoms with van der Waals surface area (Å²) in [5.41, 5.74) is 2.66. The van der Waals surface area contributed by atoms with Gasteiger partial charge in [-0.3, -0.25) is 19.2 Å². The lowest BCUT2D eigenvalue weighted by molar-refractivity contribution is -0.140. The Labute approximate surface area is 292 Å². The molecule has 11 heteroatoms. The smallest absolute Gasteiger partial charge is 0.407 e. The Balaban J connectivity index is 1.04. The monoisotopic (exact) mass is 679 g/mol. The van der Waals surface area contributed by atoms with Crippen molar-refractivity contribution in [2.45, 2.75) is 50.4 Å². The Morgan fingerprint density at radius 2 is 1.34 bits per heavy atom. The van der Waals surface area contributed by atoms with Crippen molar-refractivity contribution in [2.24, 2.45) is 23.7 Å². The van der Waals surface area contributed by atoms with E-state index in [-0.39, 0.29) is 66.5 Å². The highest BCUT2D eigenvalue weighted by atomic mass is 16.5. The van der Waals surface area contributed by atoms with Gasteiger partial charge in [-0.25, -0.2) is 4.79 Å². The molecule has 50 heavy (non-hydrogen) atoms. The molecule has 7 atom stereocenters.